The van der Waals surface area contributed by atoms with Crippen LogP contribution in [0.4, 0.5) is 0 Å². The quantitative estimate of drug-likeness (QED) is 0.220. The minimum atomic E-state index is -0.464. The van der Waals surface area contributed by atoms with Crippen molar-refractivity contribution in [1.82, 2.24) is 15.1 Å². The molecule has 4 rings (SSSR count). The van der Waals surface area contributed by atoms with Crippen molar-refractivity contribution in [3.63, 3.8) is 0 Å². The van der Waals surface area contributed by atoms with Crippen molar-refractivity contribution in [1.29, 1.82) is 0 Å². The van der Waals surface area contributed by atoms with Gasteiger partial charge in [-0.2, -0.15) is 0 Å². The molecule has 1 amide bonds. The molecule has 1 heterocycles. The SMILES string of the molecule is COc1c(OC(=O)CN(C)C)c2c(c(OC(=O)CN(C)C)c1OC)CCC(CC(=O)NCc1ccc3c(c1)OCO3)CC2. The van der Waals surface area contributed by atoms with E-state index < -0.39 is 11.9 Å². The number of nitrogens with one attached hydrogen (secondary N) is 1. The molecule has 2 aromatic rings. The van der Waals surface area contributed by atoms with Crippen LogP contribution in [0.5, 0.6) is 34.5 Å². The van der Waals surface area contributed by atoms with Crippen molar-refractivity contribution in [3.8, 4) is 34.5 Å². The lowest BCUT2D eigenvalue weighted by Gasteiger charge is -2.23. The highest BCUT2D eigenvalue weighted by molar-refractivity contribution is 5.81. The largest absolute Gasteiger partial charge is 0.490 e. The Hall–Kier alpha value is -4.03. The molecule has 1 N–H and O–H groups in total. The molecule has 2 aliphatic rings. The molecule has 1 aliphatic carbocycles. The number of hydrogen-bond acceptors (Lipinski definition) is 11. The summed E-state index contributed by atoms with van der Waals surface area (Å²) in [5.41, 5.74) is 2.33. The topological polar surface area (TPSA) is 125 Å². The number of amides is 1. The lowest BCUT2D eigenvalue weighted by Crippen LogP contribution is -2.27. The number of likely N-dealkylation sites (N-methyl/N-ethyl adjacent to an activating group) is 2. The number of ether oxygens (including phenoxy) is 6. The number of nitrogens with zero attached hydrogens (tertiary/aromatic N) is 2. The number of esters is 2. The van der Waals surface area contributed by atoms with E-state index in [1.165, 1.54) is 14.2 Å². The van der Waals surface area contributed by atoms with E-state index >= 15 is 0 Å². The Morgan fingerprint density at radius 2 is 1.35 bits per heavy atom. The number of fused-ring (bicyclic) bond motifs is 2. The van der Waals surface area contributed by atoms with E-state index in [1.54, 1.807) is 38.0 Å². The van der Waals surface area contributed by atoms with E-state index in [4.69, 9.17) is 28.4 Å². The van der Waals surface area contributed by atoms with Gasteiger partial charge in [0.2, 0.25) is 24.2 Å². The predicted octanol–water partition coefficient (Wildman–Crippen LogP) is 2.57. The Morgan fingerprint density at radius 1 is 0.814 bits per heavy atom. The van der Waals surface area contributed by atoms with E-state index in [9.17, 15) is 14.4 Å². The fourth-order valence-electron chi connectivity index (χ4n) is 5.31. The maximum absolute atomic E-state index is 13.0. The van der Waals surface area contributed by atoms with Gasteiger partial charge in [0.25, 0.3) is 0 Å². The predicted molar refractivity (Wildman–Crippen MR) is 157 cm³/mol. The molecule has 0 saturated carbocycles. The number of carbonyl (C=O) groups is 3. The van der Waals surface area contributed by atoms with Crippen molar-refractivity contribution >= 4 is 17.8 Å². The summed E-state index contributed by atoms with van der Waals surface area (Å²) < 4.78 is 33.9. The first-order valence-corrected chi connectivity index (χ1v) is 14.2. The first kappa shape index (κ1) is 31.9. The van der Waals surface area contributed by atoms with E-state index in [-0.39, 0.29) is 54.7 Å². The Labute approximate surface area is 252 Å². The van der Waals surface area contributed by atoms with Gasteiger partial charge in [0.05, 0.1) is 27.3 Å². The number of methoxy groups -OCH3 is 2. The molecule has 12 heteroatoms. The Morgan fingerprint density at radius 3 is 1.86 bits per heavy atom. The average Bonchev–Trinajstić information content (AvgIpc) is 3.31. The highest BCUT2D eigenvalue weighted by Gasteiger charge is 2.33. The number of hydrogen-bond donors (Lipinski definition) is 1. The fraction of sp³-hybridized carbons (Fsp3) is 0.516. The minimum Gasteiger partial charge on any atom is -0.490 e. The average molecular weight is 600 g/mol. The zero-order valence-electron chi connectivity index (χ0n) is 25.7. The maximum atomic E-state index is 13.0. The molecule has 0 radical (unpaired) electrons. The first-order chi connectivity index (χ1) is 20.6. The maximum Gasteiger partial charge on any atom is 0.325 e. The van der Waals surface area contributed by atoms with E-state index in [1.807, 2.05) is 18.2 Å². The Kier molecular flexibility index (Phi) is 10.7. The van der Waals surface area contributed by atoms with Gasteiger partial charge in [-0.1, -0.05) is 6.07 Å². The van der Waals surface area contributed by atoms with Gasteiger partial charge in [0, 0.05) is 24.1 Å². The van der Waals surface area contributed by atoms with Gasteiger partial charge in [-0.15, -0.1) is 0 Å². The lowest BCUT2D eigenvalue weighted by molar-refractivity contribution is -0.136. The van der Waals surface area contributed by atoms with Crippen LogP contribution in [0.2, 0.25) is 0 Å². The molecule has 43 heavy (non-hydrogen) atoms. The molecular formula is C31H41N3O9. The molecule has 234 valence electrons. The zero-order valence-corrected chi connectivity index (χ0v) is 25.7. The van der Waals surface area contributed by atoms with Crippen molar-refractivity contribution in [2.75, 3.05) is 62.3 Å². The van der Waals surface area contributed by atoms with Crippen LogP contribution in [0.1, 0.15) is 36.0 Å². The van der Waals surface area contributed by atoms with Gasteiger partial charge in [0.15, 0.2) is 23.0 Å². The number of rotatable bonds is 12. The van der Waals surface area contributed by atoms with Gasteiger partial charge in [-0.05, 0) is 77.5 Å². The zero-order chi connectivity index (χ0) is 31.1. The van der Waals surface area contributed by atoms with Crippen LogP contribution in [0.15, 0.2) is 18.2 Å². The minimum absolute atomic E-state index is 0.0387. The molecule has 0 atom stereocenters. The second-order valence-corrected chi connectivity index (χ2v) is 11.2. The molecule has 0 bridgehead atoms. The Balaban J connectivity index is 1.56. The monoisotopic (exact) mass is 599 g/mol. The van der Waals surface area contributed by atoms with Crippen LogP contribution in [-0.4, -0.2) is 89.9 Å². The van der Waals surface area contributed by atoms with Crippen LogP contribution < -0.4 is 33.7 Å². The van der Waals surface area contributed by atoms with Crippen molar-refractivity contribution < 1.29 is 42.8 Å². The molecule has 1 aliphatic heterocycles. The third-order valence-corrected chi connectivity index (χ3v) is 7.27. The van der Waals surface area contributed by atoms with Gasteiger partial charge < -0.3 is 33.7 Å². The third-order valence-electron chi connectivity index (χ3n) is 7.27. The van der Waals surface area contributed by atoms with E-state index in [0.29, 0.717) is 61.3 Å². The van der Waals surface area contributed by atoms with Crippen LogP contribution in [-0.2, 0) is 33.8 Å². The van der Waals surface area contributed by atoms with E-state index in [0.717, 1.165) is 5.56 Å². The molecule has 2 aromatic carbocycles. The van der Waals surface area contributed by atoms with Crippen LogP contribution in [0.3, 0.4) is 0 Å². The van der Waals surface area contributed by atoms with Gasteiger partial charge in [-0.3, -0.25) is 24.2 Å². The summed E-state index contributed by atoms with van der Waals surface area (Å²) >= 11 is 0. The normalized spacial score (nSPS) is 14.2. The second-order valence-electron chi connectivity index (χ2n) is 11.2. The summed E-state index contributed by atoms with van der Waals surface area (Å²) in [6.45, 7) is 0.687. The molecule has 0 unspecified atom stereocenters. The highest BCUT2D eigenvalue weighted by atomic mass is 16.7. The molecule has 0 saturated heterocycles. The molecule has 0 spiro atoms. The summed E-state index contributed by atoms with van der Waals surface area (Å²) in [6, 6.07) is 5.60. The molecule has 0 fully saturated rings. The van der Waals surface area contributed by atoms with Crippen LogP contribution >= 0.6 is 0 Å². The smallest absolute Gasteiger partial charge is 0.325 e. The van der Waals surface area contributed by atoms with Gasteiger partial charge in [-0.25, -0.2) is 0 Å². The Bertz CT molecular complexity index is 1280. The molecule has 12 nitrogen and oxygen atoms in total. The van der Waals surface area contributed by atoms with Crippen molar-refractivity contribution in [3.05, 3.63) is 34.9 Å². The number of carbonyl (C=O) groups excluding carboxylic acids is 3. The third kappa shape index (κ3) is 8.08. The summed E-state index contributed by atoms with van der Waals surface area (Å²) in [5.74, 6) is 1.27. The summed E-state index contributed by atoms with van der Waals surface area (Å²) in [4.78, 5) is 42.0. The fourth-order valence-corrected chi connectivity index (χ4v) is 5.31. The van der Waals surface area contributed by atoms with Gasteiger partial charge in [0.1, 0.15) is 0 Å². The van der Waals surface area contributed by atoms with Crippen LogP contribution in [0.25, 0.3) is 0 Å². The molecular weight excluding hydrogens is 558 g/mol. The first-order valence-electron chi connectivity index (χ1n) is 14.2. The molecule has 0 aromatic heterocycles. The van der Waals surface area contributed by atoms with Crippen LogP contribution in [0, 0.1) is 5.92 Å². The lowest BCUT2D eigenvalue weighted by atomic mass is 9.95. The summed E-state index contributed by atoms with van der Waals surface area (Å²) in [7, 11) is 9.99. The highest BCUT2D eigenvalue weighted by Crippen LogP contribution is 2.52. The number of benzene rings is 2. The van der Waals surface area contributed by atoms with Gasteiger partial charge >= 0.3 is 11.9 Å². The van der Waals surface area contributed by atoms with Crippen molar-refractivity contribution in [2.24, 2.45) is 5.92 Å². The van der Waals surface area contributed by atoms with Crippen molar-refractivity contribution in [2.45, 2.75) is 38.6 Å². The summed E-state index contributed by atoms with van der Waals surface area (Å²) in [6.07, 6.45) is 2.60. The standard InChI is InChI=1S/C31H41N3O9/c1-33(2)16-26(36)42-28-21-10-7-19(14-25(35)32-15-20-9-12-23-24(13-20)41-18-40-23)8-11-22(21)29(31(39-6)30(28)38-5)43-27(37)17-34(3)4/h9,12-13,19H,7-8,10-11,14-18H2,1-6H3,(H,32,35). The summed E-state index contributed by atoms with van der Waals surface area (Å²) in [5, 5.41) is 3.00. The second kappa shape index (κ2) is 14.4. The van der Waals surface area contributed by atoms with E-state index in [2.05, 4.69) is 5.32 Å².